The van der Waals surface area contributed by atoms with Crippen molar-refractivity contribution in [2.45, 2.75) is 0 Å². The van der Waals surface area contributed by atoms with Gasteiger partial charge in [-0.15, -0.1) is 0 Å². The quantitative estimate of drug-likeness (QED) is 0.201. The molecule has 0 fully saturated rings. The first-order valence-electron chi connectivity index (χ1n) is 15.6. The number of rotatable bonds is 4. The van der Waals surface area contributed by atoms with Crippen molar-refractivity contribution in [1.82, 2.24) is 23.9 Å². The van der Waals surface area contributed by atoms with Gasteiger partial charge in [-0.25, -0.2) is 15.0 Å². The summed E-state index contributed by atoms with van der Waals surface area (Å²) in [7, 11) is 0. The molecule has 4 aromatic heterocycles. The minimum atomic E-state index is 0.687. The van der Waals surface area contributed by atoms with Gasteiger partial charge >= 0.3 is 0 Å². The van der Waals surface area contributed by atoms with E-state index in [4.69, 9.17) is 19.4 Å². The first-order chi connectivity index (χ1) is 23.3. The summed E-state index contributed by atoms with van der Waals surface area (Å²) in [5.74, 6) is 1.55. The summed E-state index contributed by atoms with van der Waals surface area (Å²) >= 11 is 0. The van der Waals surface area contributed by atoms with Crippen molar-refractivity contribution in [3.63, 3.8) is 0 Å². The van der Waals surface area contributed by atoms with Crippen LogP contribution in [0.2, 0.25) is 0 Å². The van der Waals surface area contributed by atoms with Crippen molar-refractivity contribution in [3.05, 3.63) is 152 Å². The van der Waals surface area contributed by atoms with Crippen LogP contribution in [0, 0.1) is 0 Å². The molecule has 10 aromatic rings. The van der Waals surface area contributed by atoms with Gasteiger partial charge in [0.1, 0.15) is 11.2 Å². The fourth-order valence-electron chi connectivity index (χ4n) is 6.81. The van der Waals surface area contributed by atoms with E-state index < -0.39 is 0 Å². The predicted molar refractivity (Wildman–Crippen MR) is 189 cm³/mol. The third-order valence-corrected chi connectivity index (χ3v) is 8.94. The molecule has 6 aromatic carbocycles. The molecule has 0 aliphatic heterocycles. The van der Waals surface area contributed by atoms with Gasteiger partial charge in [0.2, 0.25) is 5.78 Å². The lowest BCUT2D eigenvalue weighted by Gasteiger charge is -2.10. The summed E-state index contributed by atoms with van der Waals surface area (Å²) in [5, 5.41) is 2.04. The highest BCUT2D eigenvalue weighted by Gasteiger charge is 2.21. The monoisotopic (exact) mass is 603 g/mol. The van der Waals surface area contributed by atoms with E-state index in [1.807, 2.05) is 66.7 Å². The molecule has 47 heavy (non-hydrogen) atoms. The zero-order chi connectivity index (χ0) is 30.9. The Balaban J connectivity index is 1.24. The fraction of sp³-hybridized carbons (Fsp3) is 0. The predicted octanol–water partition coefficient (Wildman–Crippen LogP) is 10.1. The summed E-state index contributed by atoms with van der Waals surface area (Å²) in [6.07, 6.45) is 0. The number of benzene rings is 6. The van der Waals surface area contributed by atoms with Crippen LogP contribution >= 0.6 is 0 Å². The van der Waals surface area contributed by atoms with Crippen LogP contribution in [0.1, 0.15) is 0 Å². The highest BCUT2D eigenvalue weighted by molar-refractivity contribution is 6.11. The van der Waals surface area contributed by atoms with Gasteiger partial charge in [-0.3, -0.25) is 8.97 Å². The Kier molecular flexibility index (Phi) is 5.48. The van der Waals surface area contributed by atoms with E-state index in [0.29, 0.717) is 5.82 Å². The van der Waals surface area contributed by atoms with E-state index in [2.05, 4.69) is 93.9 Å². The highest BCUT2D eigenvalue weighted by atomic mass is 16.3. The molecule has 0 saturated carbocycles. The van der Waals surface area contributed by atoms with Crippen LogP contribution in [0.3, 0.4) is 0 Å². The molecule has 0 atom stereocenters. The summed E-state index contributed by atoms with van der Waals surface area (Å²) in [4.78, 5) is 15.2. The van der Waals surface area contributed by atoms with Crippen LogP contribution in [-0.2, 0) is 0 Å². The topological polar surface area (TPSA) is 61.2 Å². The average Bonchev–Trinajstić information content (AvgIpc) is 3.80. The fourth-order valence-corrected chi connectivity index (χ4v) is 6.81. The second kappa shape index (κ2) is 9.99. The van der Waals surface area contributed by atoms with Crippen molar-refractivity contribution < 1.29 is 4.42 Å². The lowest BCUT2D eigenvalue weighted by atomic mass is 10.0. The molecule has 0 unspecified atom stereocenters. The number of furan rings is 1. The number of hydrogen-bond acceptors (Lipinski definition) is 4. The Morgan fingerprint density at radius 2 is 1.15 bits per heavy atom. The van der Waals surface area contributed by atoms with Crippen molar-refractivity contribution >= 4 is 49.8 Å². The van der Waals surface area contributed by atoms with E-state index >= 15 is 0 Å². The van der Waals surface area contributed by atoms with Crippen LogP contribution < -0.4 is 0 Å². The number of aromatic nitrogens is 5. The highest BCUT2D eigenvalue weighted by Crippen LogP contribution is 2.39. The maximum absolute atomic E-state index is 6.48. The molecule has 4 heterocycles. The van der Waals surface area contributed by atoms with Gasteiger partial charge in [-0.2, -0.15) is 0 Å². The number of fused-ring (bicyclic) bond motifs is 8. The Bertz CT molecular complexity index is 2730. The lowest BCUT2D eigenvalue weighted by molar-refractivity contribution is 0.669. The van der Waals surface area contributed by atoms with Gasteiger partial charge in [0.05, 0.1) is 44.5 Å². The average molecular weight is 604 g/mol. The Hall–Kier alpha value is -6.53. The molecule has 0 amide bonds. The van der Waals surface area contributed by atoms with E-state index in [0.717, 1.165) is 83.5 Å². The summed E-state index contributed by atoms with van der Waals surface area (Å²) in [5.41, 5.74) is 11.6. The molecule has 6 nitrogen and oxygen atoms in total. The van der Waals surface area contributed by atoms with Gasteiger partial charge in [0, 0.05) is 22.1 Å². The molecular weight excluding hydrogens is 578 g/mol. The molecule has 0 aliphatic carbocycles. The minimum Gasteiger partial charge on any atom is -0.456 e. The second-order valence-corrected chi connectivity index (χ2v) is 11.7. The zero-order valence-corrected chi connectivity index (χ0v) is 25.1. The van der Waals surface area contributed by atoms with Crippen LogP contribution in [0.15, 0.2) is 156 Å². The maximum atomic E-state index is 6.48. The normalized spacial score (nSPS) is 11.8. The van der Waals surface area contributed by atoms with Crippen molar-refractivity contribution in [2.24, 2.45) is 0 Å². The molecule has 6 heteroatoms. The molecular formula is C41H25N5O. The third-order valence-electron chi connectivity index (χ3n) is 8.94. The number of imidazole rings is 2. The zero-order valence-electron chi connectivity index (χ0n) is 25.1. The van der Waals surface area contributed by atoms with Gasteiger partial charge in [0.15, 0.2) is 5.82 Å². The maximum Gasteiger partial charge on any atom is 0.220 e. The van der Waals surface area contributed by atoms with Gasteiger partial charge < -0.3 is 4.42 Å². The molecule has 0 N–H and O–H groups in total. The second-order valence-electron chi connectivity index (χ2n) is 11.7. The number of hydrogen-bond donors (Lipinski definition) is 0. The number of para-hydroxylation sites is 4. The molecule has 220 valence electrons. The number of nitrogens with zero attached hydrogens (tertiary/aromatic N) is 5. The summed E-state index contributed by atoms with van der Waals surface area (Å²) < 4.78 is 11.0. The van der Waals surface area contributed by atoms with Crippen molar-refractivity contribution in [1.29, 1.82) is 0 Å². The molecule has 0 saturated heterocycles. The Morgan fingerprint density at radius 3 is 1.96 bits per heavy atom. The van der Waals surface area contributed by atoms with Crippen molar-refractivity contribution in [3.8, 4) is 39.6 Å². The molecule has 10 rings (SSSR count). The lowest BCUT2D eigenvalue weighted by Crippen LogP contribution is -1.96. The van der Waals surface area contributed by atoms with E-state index in [-0.39, 0.29) is 0 Å². The van der Waals surface area contributed by atoms with E-state index in [9.17, 15) is 0 Å². The molecule has 0 aliphatic rings. The van der Waals surface area contributed by atoms with Gasteiger partial charge in [-0.1, -0.05) is 91.0 Å². The molecule has 0 radical (unpaired) electrons. The minimum absolute atomic E-state index is 0.687. The van der Waals surface area contributed by atoms with Crippen LogP contribution in [-0.4, -0.2) is 23.9 Å². The third kappa shape index (κ3) is 3.95. The summed E-state index contributed by atoms with van der Waals surface area (Å²) in [6.45, 7) is 0. The van der Waals surface area contributed by atoms with E-state index in [1.54, 1.807) is 0 Å². The first kappa shape index (κ1) is 25.8. The Morgan fingerprint density at radius 1 is 0.468 bits per heavy atom. The molecule has 0 spiro atoms. The van der Waals surface area contributed by atoms with E-state index in [1.165, 1.54) is 0 Å². The van der Waals surface area contributed by atoms with Crippen LogP contribution in [0.25, 0.3) is 89.4 Å². The smallest absolute Gasteiger partial charge is 0.220 e. The standard InChI is InChI=1S/C41H25N5O/c1-3-12-26(13-4-1)31-25-32(43-40(42-31)27-14-5-2-6-15-27)28-22-23-37-29(24-28)39-36(20-11-21-38(39)47-37)46-35-19-10-9-18-34(35)45-33-17-8-7-16-30(33)44-41(45)46/h1-25H. The first-order valence-corrected chi connectivity index (χ1v) is 15.6. The molecule has 0 bridgehead atoms. The SMILES string of the molecule is c1ccc(-c2cc(-c3ccc4oc5cccc(-n6c7ccccc7n7c8ccccc8nc67)c5c4c3)nc(-c3ccccc3)n2)cc1. The van der Waals surface area contributed by atoms with Gasteiger partial charge in [-0.05, 0) is 60.7 Å². The van der Waals surface area contributed by atoms with Crippen LogP contribution in [0.5, 0.6) is 0 Å². The summed E-state index contributed by atoms with van der Waals surface area (Å²) in [6, 6.07) is 51.8. The van der Waals surface area contributed by atoms with Gasteiger partial charge in [0.25, 0.3) is 0 Å². The van der Waals surface area contributed by atoms with Crippen molar-refractivity contribution in [2.75, 3.05) is 0 Å². The Labute approximate surface area is 268 Å². The van der Waals surface area contributed by atoms with Crippen LogP contribution in [0.4, 0.5) is 0 Å². The largest absolute Gasteiger partial charge is 0.456 e.